The number of thiazole rings is 1. The van der Waals surface area contributed by atoms with Gasteiger partial charge in [0.2, 0.25) is 0 Å². The SMILES string of the molecule is O=C(NCc1ccc(N(C(Cc2ccc(NS(=O)(=O)O)cc2)c2csc(-c3cccs3)n2)S(=O)[O-])s1)c1ccc(Cl)cc1. The lowest BCUT2D eigenvalue weighted by molar-refractivity contribution is 0.0951. The van der Waals surface area contributed by atoms with E-state index in [4.69, 9.17) is 21.1 Å². The van der Waals surface area contributed by atoms with E-state index in [1.165, 1.54) is 50.4 Å². The Balaban J connectivity index is 1.41. The van der Waals surface area contributed by atoms with Crippen molar-refractivity contribution in [2.45, 2.75) is 19.0 Å². The maximum atomic E-state index is 12.8. The van der Waals surface area contributed by atoms with Gasteiger partial charge in [-0.15, -0.1) is 34.0 Å². The highest BCUT2D eigenvalue weighted by atomic mass is 35.5. The van der Waals surface area contributed by atoms with Gasteiger partial charge < -0.3 is 9.87 Å². The zero-order valence-corrected chi connectivity index (χ0v) is 26.7. The van der Waals surface area contributed by atoms with Crippen LogP contribution < -0.4 is 14.3 Å². The van der Waals surface area contributed by atoms with Crippen molar-refractivity contribution in [3.63, 3.8) is 0 Å². The third-order valence-electron chi connectivity index (χ3n) is 6.06. The summed E-state index contributed by atoms with van der Waals surface area (Å²) >= 11 is 7.37. The first-order chi connectivity index (χ1) is 20.6. The van der Waals surface area contributed by atoms with Crippen LogP contribution in [0.1, 0.15) is 32.5 Å². The summed E-state index contributed by atoms with van der Waals surface area (Å²) in [4.78, 5) is 19.0. The van der Waals surface area contributed by atoms with Crippen LogP contribution in [-0.4, -0.2) is 32.6 Å². The number of thiophene rings is 2. The van der Waals surface area contributed by atoms with E-state index in [1.54, 1.807) is 48.5 Å². The van der Waals surface area contributed by atoms with Gasteiger partial charge in [-0.05, 0) is 72.0 Å². The van der Waals surface area contributed by atoms with E-state index in [-0.39, 0.29) is 24.6 Å². The van der Waals surface area contributed by atoms with Gasteiger partial charge in [-0.2, -0.15) is 8.42 Å². The molecule has 3 aromatic heterocycles. The summed E-state index contributed by atoms with van der Waals surface area (Å²) in [6.45, 7) is 0.192. The van der Waals surface area contributed by atoms with Crippen LogP contribution in [0.15, 0.2) is 83.6 Å². The van der Waals surface area contributed by atoms with Gasteiger partial charge in [-0.3, -0.25) is 22.6 Å². The van der Waals surface area contributed by atoms with Crippen LogP contribution >= 0.6 is 45.6 Å². The molecule has 3 N–H and O–H groups in total. The van der Waals surface area contributed by atoms with E-state index >= 15 is 0 Å². The standard InChI is InChI=1S/C27H23ClN4O6S5/c28-19-7-5-18(6-8-19)26(33)29-15-21-11-12-25(41-21)32(42(34)35)23(22-16-40-27(30-22)24-2-1-13-39-24)14-17-3-9-20(10-4-17)31-43(36,37)38/h1-13,16,23,31H,14-15H2,(H,29,33)(H,34,35)(H,36,37,38)/p-1. The van der Waals surface area contributed by atoms with Crippen LogP contribution in [0.25, 0.3) is 9.88 Å². The van der Waals surface area contributed by atoms with Gasteiger partial charge in [-0.1, -0.05) is 29.8 Å². The molecular weight excluding hydrogens is 672 g/mol. The molecule has 0 saturated heterocycles. The fraction of sp³-hybridized carbons (Fsp3) is 0.111. The van der Waals surface area contributed by atoms with E-state index in [1.807, 2.05) is 27.6 Å². The number of amides is 1. The van der Waals surface area contributed by atoms with Gasteiger partial charge in [0.25, 0.3) is 5.91 Å². The molecule has 2 atom stereocenters. The minimum atomic E-state index is -4.44. The van der Waals surface area contributed by atoms with Crippen LogP contribution in [0, 0.1) is 0 Å². The maximum absolute atomic E-state index is 12.8. The molecule has 0 saturated carbocycles. The van der Waals surface area contributed by atoms with Crippen LogP contribution in [-0.2, 0) is 34.5 Å². The number of carbonyl (C=O) groups is 1. The number of aromatic nitrogens is 1. The van der Waals surface area contributed by atoms with Gasteiger partial charge in [0.05, 0.1) is 28.8 Å². The van der Waals surface area contributed by atoms with Crippen molar-refractivity contribution in [3.8, 4) is 9.88 Å². The molecule has 0 spiro atoms. The van der Waals surface area contributed by atoms with Gasteiger partial charge in [0.1, 0.15) is 10.0 Å². The topological polar surface area (TPSA) is 152 Å². The first kappa shape index (κ1) is 31.3. The molecule has 0 bridgehead atoms. The summed E-state index contributed by atoms with van der Waals surface area (Å²) in [7, 11) is -4.44. The van der Waals surface area contributed by atoms with Gasteiger partial charge in [0, 0.05) is 32.1 Å². The Kier molecular flexibility index (Phi) is 9.93. The molecule has 43 heavy (non-hydrogen) atoms. The average Bonchev–Trinajstić information content (AvgIpc) is 3.74. The second kappa shape index (κ2) is 13.7. The molecule has 0 aliphatic heterocycles. The maximum Gasteiger partial charge on any atom is 0.357 e. The van der Waals surface area contributed by atoms with Crippen LogP contribution in [0.3, 0.4) is 0 Å². The summed E-state index contributed by atoms with van der Waals surface area (Å²) in [6.07, 6.45) is 0.217. The Morgan fingerprint density at radius 3 is 2.47 bits per heavy atom. The van der Waals surface area contributed by atoms with Crippen LogP contribution in [0.2, 0.25) is 5.02 Å². The molecule has 2 unspecified atom stereocenters. The summed E-state index contributed by atoms with van der Waals surface area (Å²) in [5.41, 5.74) is 1.86. The zero-order valence-electron chi connectivity index (χ0n) is 21.9. The molecule has 1 amide bonds. The van der Waals surface area contributed by atoms with E-state index < -0.39 is 27.6 Å². The van der Waals surface area contributed by atoms with Crippen molar-refractivity contribution in [3.05, 3.63) is 110 Å². The molecule has 5 aromatic rings. The monoisotopic (exact) mass is 693 g/mol. The van der Waals surface area contributed by atoms with Crippen molar-refractivity contribution < 1.29 is 26.5 Å². The van der Waals surface area contributed by atoms with Gasteiger partial charge >= 0.3 is 10.3 Å². The molecule has 0 aliphatic carbocycles. The van der Waals surface area contributed by atoms with Crippen molar-refractivity contribution in [2.24, 2.45) is 0 Å². The lowest BCUT2D eigenvalue weighted by atomic mass is 10.0. The summed E-state index contributed by atoms with van der Waals surface area (Å²) in [6, 6.07) is 19.3. The minimum Gasteiger partial charge on any atom is -0.755 e. The molecule has 10 nitrogen and oxygen atoms in total. The molecule has 3 heterocycles. The minimum absolute atomic E-state index is 0.157. The smallest absolute Gasteiger partial charge is 0.357 e. The summed E-state index contributed by atoms with van der Waals surface area (Å²) in [5, 5.41) is 8.32. The number of rotatable bonds is 12. The quantitative estimate of drug-likeness (QED) is 0.102. The lowest BCUT2D eigenvalue weighted by Crippen LogP contribution is -2.31. The average molecular weight is 694 g/mol. The Morgan fingerprint density at radius 2 is 1.81 bits per heavy atom. The normalized spacial score (nSPS) is 12.9. The Hall–Kier alpha value is -3.15. The molecule has 5 rings (SSSR count). The fourth-order valence-corrected chi connectivity index (χ4v) is 8.16. The van der Waals surface area contributed by atoms with E-state index in [2.05, 4.69) is 5.32 Å². The number of carbonyl (C=O) groups excluding carboxylic acids is 1. The lowest BCUT2D eigenvalue weighted by Gasteiger charge is -2.32. The number of hydrogen-bond donors (Lipinski definition) is 3. The van der Waals surface area contributed by atoms with Crippen molar-refractivity contribution in [1.29, 1.82) is 0 Å². The molecule has 0 aliphatic rings. The predicted octanol–water partition coefficient (Wildman–Crippen LogP) is 6.32. The summed E-state index contributed by atoms with van der Waals surface area (Å²) < 4.78 is 60.2. The molecular formula is C27H22ClN4O6S5-. The number of nitrogens with zero attached hydrogens (tertiary/aromatic N) is 2. The highest BCUT2D eigenvalue weighted by molar-refractivity contribution is 7.87. The van der Waals surface area contributed by atoms with Crippen molar-refractivity contribution >= 4 is 83.8 Å². The number of anilines is 2. The number of benzene rings is 2. The third-order valence-corrected chi connectivity index (χ3v) is 10.7. The van der Waals surface area contributed by atoms with Crippen LogP contribution in [0.5, 0.6) is 0 Å². The predicted molar refractivity (Wildman–Crippen MR) is 172 cm³/mol. The highest BCUT2D eigenvalue weighted by Gasteiger charge is 2.27. The third kappa shape index (κ3) is 8.27. The van der Waals surface area contributed by atoms with E-state index in [0.717, 1.165) is 14.8 Å². The zero-order chi connectivity index (χ0) is 30.6. The van der Waals surface area contributed by atoms with Gasteiger partial charge in [-0.25, -0.2) is 4.98 Å². The van der Waals surface area contributed by atoms with E-state index in [0.29, 0.717) is 26.8 Å². The molecule has 0 radical (unpaired) electrons. The second-order valence-electron chi connectivity index (χ2n) is 9.02. The first-order valence-corrected chi connectivity index (χ1v) is 17.8. The Morgan fingerprint density at radius 1 is 1.07 bits per heavy atom. The van der Waals surface area contributed by atoms with Gasteiger partial charge in [0.15, 0.2) is 0 Å². The van der Waals surface area contributed by atoms with Crippen molar-refractivity contribution in [1.82, 2.24) is 10.3 Å². The molecule has 2 aromatic carbocycles. The fourth-order valence-electron chi connectivity index (χ4n) is 4.12. The number of hydrogen-bond acceptors (Lipinski definition) is 9. The Bertz CT molecular complexity index is 1820. The summed E-state index contributed by atoms with van der Waals surface area (Å²) in [5.74, 6) is -0.288. The Labute approximate surface area is 267 Å². The second-order valence-corrected chi connectivity index (χ2v) is 14.4. The van der Waals surface area contributed by atoms with Crippen LogP contribution in [0.4, 0.5) is 10.7 Å². The number of halogens is 1. The molecule has 16 heteroatoms. The van der Waals surface area contributed by atoms with Crippen molar-refractivity contribution in [2.75, 3.05) is 9.03 Å². The largest absolute Gasteiger partial charge is 0.755 e. The molecule has 224 valence electrons. The highest BCUT2D eigenvalue weighted by Crippen LogP contribution is 2.38. The first-order valence-electron chi connectivity index (χ1n) is 12.4. The number of nitrogens with one attached hydrogen (secondary N) is 2. The molecule has 0 fully saturated rings. The van der Waals surface area contributed by atoms with E-state index in [9.17, 15) is 22.0 Å².